The predicted octanol–water partition coefficient (Wildman–Crippen LogP) is 3.94. The molecule has 0 aromatic rings. The second-order valence-electron chi connectivity index (χ2n) is 4.10. The number of rotatable bonds is 0. The maximum Gasteiger partial charge on any atom is 0.133 e. The molecule has 0 heterocycles. The Hall–Kier alpha value is -0.110. The van der Waals surface area contributed by atoms with Crippen LogP contribution in [0.5, 0.6) is 0 Å². The summed E-state index contributed by atoms with van der Waals surface area (Å²) in [5, 5.41) is 0. The molecule has 0 amide bonds. The highest BCUT2D eigenvalue weighted by Gasteiger charge is 2.51. The lowest BCUT2D eigenvalue weighted by atomic mass is 9.97. The Morgan fingerprint density at radius 3 is 3.00 bits per heavy atom. The van der Waals surface area contributed by atoms with Crippen molar-refractivity contribution in [2.45, 2.75) is 26.7 Å². The molecule has 2 aliphatic rings. The molecule has 0 radical (unpaired) electrons. The third kappa shape index (κ3) is 1.08. The zero-order valence-corrected chi connectivity index (χ0v) is 8.91. The molecule has 0 aliphatic heterocycles. The van der Waals surface area contributed by atoms with Crippen molar-refractivity contribution in [3.63, 3.8) is 0 Å². The molecule has 0 aromatic carbocycles. The van der Waals surface area contributed by atoms with Crippen molar-refractivity contribution in [1.82, 2.24) is 0 Å². The molecule has 2 rings (SSSR count). The maximum atomic E-state index is 13.2. The number of hydrogen-bond donors (Lipinski definition) is 0. The molecule has 1 saturated carbocycles. The highest BCUT2D eigenvalue weighted by Crippen LogP contribution is 2.61. The van der Waals surface area contributed by atoms with Gasteiger partial charge in [-0.3, -0.25) is 0 Å². The Morgan fingerprint density at radius 2 is 2.33 bits per heavy atom. The summed E-state index contributed by atoms with van der Waals surface area (Å²) in [6, 6.07) is 0. The van der Waals surface area contributed by atoms with E-state index in [-0.39, 0.29) is 5.83 Å². The van der Waals surface area contributed by atoms with Crippen LogP contribution in [0.4, 0.5) is 4.39 Å². The number of hydrogen-bond acceptors (Lipinski definition) is 0. The number of halogens is 2. The first-order chi connectivity index (χ1) is 5.54. The highest BCUT2D eigenvalue weighted by atomic mass is 79.9. The summed E-state index contributed by atoms with van der Waals surface area (Å²) in [5.74, 6) is 0.581. The topological polar surface area (TPSA) is 0 Å². The van der Waals surface area contributed by atoms with Gasteiger partial charge < -0.3 is 0 Å². The van der Waals surface area contributed by atoms with E-state index in [9.17, 15) is 4.39 Å². The van der Waals surface area contributed by atoms with Gasteiger partial charge in [0, 0.05) is 4.48 Å². The van der Waals surface area contributed by atoms with Gasteiger partial charge in [0.05, 0.1) is 0 Å². The van der Waals surface area contributed by atoms with Crippen LogP contribution in [0, 0.1) is 11.3 Å². The molecular formula is C10H12BrF. The zero-order chi connectivity index (χ0) is 8.93. The van der Waals surface area contributed by atoms with Gasteiger partial charge in [0.2, 0.25) is 0 Å². The van der Waals surface area contributed by atoms with E-state index in [1.54, 1.807) is 6.08 Å². The molecule has 1 fully saturated rings. The van der Waals surface area contributed by atoms with E-state index >= 15 is 0 Å². The first-order valence-corrected chi connectivity index (χ1v) is 5.06. The average molecular weight is 231 g/mol. The van der Waals surface area contributed by atoms with Gasteiger partial charge in [-0.15, -0.1) is 0 Å². The van der Waals surface area contributed by atoms with Crippen LogP contribution in [0.3, 0.4) is 0 Å². The third-order valence-corrected chi connectivity index (χ3v) is 4.04. The quantitative estimate of drug-likeness (QED) is 0.592. The summed E-state index contributed by atoms with van der Waals surface area (Å²) < 4.78 is 14.0. The van der Waals surface area contributed by atoms with Crippen LogP contribution in [-0.4, -0.2) is 0 Å². The van der Waals surface area contributed by atoms with Crippen molar-refractivity contribution in [3.05, 3.63) is 22.0 Å². The van der Waals surface area contributed by atoms with E-state index in [1.807, 2.05) is 6.92 Å². The van der Waals surface area contributed by atoms with Gasteiger partial charge in [-0.2, -0.15) is 0 Å². The molecule has 2 aliphatic carbocycles. The van der Waals surface area contributed by atoms with Crippen LogP contribution in [0.1, 0.15) is 26.7 Å². The van der Waals surface area contributed by atoms with Gasteiger partial charge in [0.15, 0.2) is 0 Å². The molecule has 12 heavy (non-hydrogen) atoms. The van der Waals surface area contributed by atoms with Crippen molar-refractivity contribution >= 4 is 15.9 Å². The monoisotopic (exact) mass is 230 g/mol. The average Bonchev–Trinajstić information content (AvgIpc) is 2.62. The van der Waals surface area contributed by atoms with E-state index in [1.165, 1.54) is 12.0 Å². The van der Waals surface area contributed by atoms with Gasteiger partial charge in [-0.1, -0.05) is 28.4 Å². The van der Waals surface area contributed by atoms with Crippen molar-refractivity contribution in [2.75, 3.05) is 0 Å². The summed E-state index contributed by atoms with van der Waals surface area (Å²) in [6.07, 6.45) is 3.77. The van der Waals surface area contributed by atoms with Crippen molar-refractivity contribution < 1.29 is 4.39 Å². The fourth-order valence-electron chi connectivity index (χ4n) is 1.98. The first-order valence-electron chi connectivity index (χ1n) is 4.27. The van der Waals surface area contributed by atoms with Crippen LogP contribution in [0.25, 0.3) is 0 Å². The zero-order valence-electron chi connectivity index (χ0n) is 7.32. The molecule has 2 heteroatoms. The molecule has 0 bridgehead atoms. The predicted molar refractivity (Wildman–Crippen MR) is 51.6 cm³/mol. The summed E-state index contributed by atoms with van der Waals surface area (Å²) >= 11 is 3.28. The van der Waals surface area contributed by atoms with Crippen LogP contribution in [-0.2, 0) is 0 Å². The standard InChI is InChI=1S/C10H12BrF/c1-6-3-9(12)8(11)4-7-5-10(6,7)2/h3,7H,4-5H2,1-2H3/t7?,10-/m1/s1. The molecule has 0 spiro atoms. The SMILES string of the molecule is CC1=CC(F)=C(Br)CC2C[C@]12C. The summed E-state index contributed by atoms with van der Waals surface area (Å²) in [7, 11) is 0. The highest BCUT2D eigenvalue weighted by molar-refractivity contribution is 9.11. The Bertz CT molecular complexity index is 290. The van der Waals surface area contributed by atoms with Crippen molar-refractivity contribution in [2.24, 2.45) is 11.3 Å². The molecular weight excluding hydrogens is 219 g/mol. The Kier molecular flexibility index (Phi) is 1.73. The van der Waals surface area contributed by atoms with E-state index in [0.717, 1.165) is 10.9 Å². The van der Waals surface area contributed by atoms with Gasteiger partial charge in [-0.25, -0.2) is 4.39 Å². The van der Waals surface area contributed by atoms with E-state index < -0.39 is 0 Å². The first kappa shape index (κ1) is 8.49. The van der Waals surface area contributed by atoms with Gasteiger partial charge in [0.25, 0.3) is 0 Å². The normalized spacial score (nSPS) is 40.3. The second kappa shape index (κ2) is 2.44. The minimum absolute atomic E-state index is 0.0825. The van der Waals surface area contributed by atoms with Crippen LogP contribution < -0.4 is 0 Å². The molecule has 0 saturated heterocycles. The summed E-state index contributed by atoms with van der Waals surface area (Å²) in [6.45, 7) is 4.26. The van der Waals surface area contributed by atoms with Crippen LogP contribution in [0.2, 0.25) is 0 Å². The van der Waals surface area contributed by atoms with Crippen LogP contribution >= 0.6 is 15.9 Å². The molecule has 1 unspecified atom stereocenters. The number of fused-ring (bicyclic) bond motifs is 1. The van der Waals surface area contributed by atoms with Crippen molar-refractivity contribution in [1.29, 1.82) is 0 Å². The van der Waals surface area contributed by atoms with Gasteiger partial charge in [-0.05, 0) is 37.2 Å². The second-order valence-corrected chi connectivity index (χ2v) is 5.06. The Balaban J connectivity index is 2.37. The summed E-state index contributed by atoms with van der Waals surface area (Å²) in [5.41, 5.74) is 1.49. The van der Waals surface area contributed by atoms with E-state index in [2.05, 4.69) is 22.9 Å². The largest absolute Gasteiger partial charge is 0.206 e. The van der Waals surface area contributed by atoms with E-state index in [0.29, 0.717) is 11.3 Å². The third-order valence-electron chi connectivity index (χ3n) is 3.34. The number of allylic oxidation sites excluding steroid dienone is 4. The van der Waals surface area contributed by atoms with Gasteiger partial charge in [0.1, 0.15) is 5.83 Å². The molecule has 2 atom stereocenters. The lowest BCUT2D eigenvalue weighted by Crippen LogP contribution is -1.98. The Labute approximate surface area is 80.7 Å². The fourth-order valence-corrected chi connectivity index (χ4v) is 2.49. The molecule has 0 aromatic heterocycles. The Morgan fingerprint density at radius 1 is 1.67 bits per heavy atom. The molecule has 0 N–H and O–H groups in total. The smallest absolute Gasteiger partial charge is 0.133 e. The molecule has 66 valence electrons. The van der Waals surface area contributed by atoms with Gasteiger partial charge >= 0.3 is 0 Å². The molecule has 0 nitrogen and oxygen atoms in total. The van der Waals surface area contributed by atoms with Crippen LogP contribution in [0.15, 0.2) is 22.0 Å². The lowest BCUT2D eigenvalue weighted by Gasteiger charge is -2.08. The minimum Gasteiger partial charge on any atom is -0.206 e. The maximum absolute atomic E-state index is 13.2. The minimum atomic E-state index is -0.0825. The fraction of sp³-hybridized carbons (Fsp3) is 0.600. The van der Waals surface area contributed by atoms with Crippen molar-refractivity contribution in [3.8, 4) is 0 Å². The van der Waals surface area contributed by atoms with E-state index in [4.69, 9.17) is 0 Å². The summed E-state index contributed by atoms with van der Waals surface area (Å²) in [4.78, 5) is 0. The lowest BCUT2D eigenvalue weighted by molar-refractivity contribution is 0.597.